The van der Waals surface area contributed by atoms with Gasteiger partial charge in [-0.25, -0.2) is 0 Å². The molecule has 1 aromatic heterocycles. The molecule has 1 aliphatic rings. The summed E-state index contributed by atoms with van der Waals surface area (Å²) in [5, 5.41) is 0. The van der Waals surface area contributed by atoms with Crippen molar-refractivity contribution in [3.8, 4) is 0 Å². The Hall–Kier alpha value is -2.36. The summed E-state index contributed by atoms with van der Waals surface area (Å²) in [4.78, 5) is 18.6. The number of aryl methyl sites for hydroxylation is 1. The van der Waals surface area contributed by atoms with Crippen LogP contribution in [0.2, 0.25) is 0 Å². The van der Waals surface area contributed by atoms with E-state index in [-0.39, 0.29) is 5.91 Å². The minimum atomic E-state index is -0.0153. The predicted octanol–water partition coefficient (Wildman–Crippen LogP) is 2.60. The van der Waals surface area contributed by atoms with Gasteiger partial charge in [0.25, 0.3) is 5.91 Å². The lowest BCUT2D eigenvalue weighted by Crippen LogP contribution is -2.29. The zero-order valence-corrected chi connectivity index (χ0v) is 12.1. The molecule has 1 saturated heterocycles. The average molecular weight is 281 g/mol. The molecule has 1 aliphatic heterocycles. The minimum Gasteiger partial charge on any atom is -0.398 e. The number of anilines is 1. The number of pyridine rings is 1. The summed E-state index contributed by atoms with van der Waals surface area (Å²) in [6.45, 7) is 3.38. The van der Waals surface area contributed by atoms with Gasteiger partial charge in [0, 0.05) is 36.6 Å². The summed E-state index contributed by atoms with van der Waals surface area (Å²) >= 11 is 0. The number of hydrogen-bond acceptors (Lipinski definition) is 3. The van der Waals surface area contributed by atoms with Crippen LogP contribution in [0.15, 0.2) is 42.6 Å². The van der Waals surface area contributed by atoms with Crippen molar-refractivity contribution in [2.75, 3.05) is 18.8 Å². The molecule has 2 aromatic rings. The Morgan fingerprint density at radius 1 is 1.33 bits per heavy atom. The highest BCUT2D eigenvalue weighted by molar-refractivity contribution is 5.99. The van der Waals surface area contributed by atoms with Crippen molar-refractivity contribution in [2.24, 2.45) is 0 Å². The minimum absolute atomic E-state index is 0.0153. The lowest BCUT2D eigenvalue weighted by atomic mass is 9.99. The molecule has 108 valence electrons. The summed E-state index contributed by atoms with van der Waals surface area (Å²) in [6.07, 6.45) is 2.58. The van der Waals surface area contributed by atoms with Gasteiger partial charge in [0.15, 0.2) is 0 Å². The Morgan fingerprint density at radius 2 is 2.10 bits per heavy atom. The summed E-state index contributed by atoms with van der Waals surface area (Å²) in [7, 11) is 0. The van der Waals surface area contributed by atoms with Crippen LogP contribution in [0.25, 0.3) is 0 Å². The molecule has 2 N–H and O–H groups in total. The molecule has 1 aromatic carbocycles. The smallest absolute Gasteiger partial charge is 0.257 e. The number of amides is 1. The number of aromatic nitrogens is 1. The second-order valence-electron chi connectivity index (χ2n) is 5.56. The normalized spacial score (nSPS) is 18.0. The Balaban J connectivity index is 1.75. The first-order valence-corrected chi connectivity index (χ1v) is 7.21. The molecule has 0 spiro atoms. The number of likely N-dealkylation sites (tertiary alicyclic amines) is 1. The Bertz CT molecular complexity index is 654. The van der Waals surface area contributed by atoms with Gasteiger partial charge < -0.3 is 10.6 Å². The fraction of sp³-hybridized carbons (Fsp3) is 0.294. The highest BCUT2D eigenvalue weighted by atomic mass is 16.2. The van der Waals surface area contributed by atoms with Crippen molar-refractivity contribution in [3.05, 3.63) is 59.4 Å². The van der Waals surface area contributed by atoms with E-state index in [1.54, 1.807) is 12.3 Å². The maximum absolute atomic E-state index is 12.6. The number of nitrogens with zero attached hydrogens (tertiary/aromatic N) is 2. The molecule has 21 heavy (non-hydrogen) atoms. The molecular formula is C17H19N3O. The van der Waals surface area contributed by atoms with Crippen molar-refractivity contribution >= 4 is 11.6 Å². The van der Waals surface area contributed by atoms with E-state index in [4.69, 9.17) is 5.73 Å². The molecule has 3 rings (SSSR count). The molecule has 0 radical (unpaired) electrons. The molecule has 0 saturated carbocycles. The third-order valence-electron chi connectivity index (χ3n) is 4.05. The molecular weight excluding hydrogens is 262 g/mol. The van der Waals surface area contributed by atoms with E-state index < -0.39 is 0 Å². The maximum Gasteiger partial charge on any atom is 0.257 e. The SMILES string of the molecule is Cc1cc(N)c(C(=O)N2CCC(c3ccccc3)C2)cn1. The number of rotatable bonds is 2. The molecule has 1 atom stereocenters. The first-order valence-electron chi connectivity index (χ1n) is 7.21. The van der Waals surface area contributed by atoms with Crippen LogP contribution in [0.1, 0.15) is 34.0 Å². The van der Waals surface area contributed by atoms with E-state index in [1.165, 1.54) is 5.56 Å². The van der Waals surface area contributed by atoms with Crippen LogP contribution in [0.3, 0.4) is 0 Å². The summed E-state index contributed by atoms with van der Waals surface area (Å²) < 4.78 is 0. The van der Waals surface area contributed by atoms with Gasteiger partial charge in [0.1, 0.15) is 0 Å². The van der Waals surface area contributed by atoms with E-state index in [1.807, 2.05) is 30.0 Å². The second kappa shape index (κ2) is 5.56. The van der Waals surface area contributed by atoms with Crippen molar-refractivity contribution < 1.29 is 4.79 Å². The molecule has 0 aliphatic carbocycles. The largest absolute Gasteiger partial charge is 0.398 e. The van der Waals surface area contributed by atoms with Gasteiger partial charge in [-0.05, 0) is 25.0 Å². The van der Waals surface area contributed by atoms with Crippen LogP contribution in [0.5, 0.6) is 0 Å². The fourth-order valence-electron chi connectivity index (χ4n) is 2.87. The zero-order chi connectivity index (χ0) is 14.8. The maximum atomic E-state index is 12.6. The number of nitrogens with two attached hydrogens (primary N) is 1. The van der Waals surface area contributed by atoms with Crippen LogP contribution in [-0.2, 0) is 0 Å². The van der Waals surface area contributed by atoms with E-state index in [9.17, 15) is 4.79 Å². The Kier molecular flexibility index (Phi) is 3.60. The van der Waals surface area contributed by atoms with Crippen molar-refractivity contribution in [1.82, 2.24) is 9.88 Å². The van der Waals surface area contributed by atoms with Crippen LogP contribution >= 0.6 is 0 Å². The molecule has 0 bridgehead atoms. The first-order chi connectivity index (χ1) is 10.1. The first kappa shape index (κ1) is 13.6. The van der Waals surface area contributed by atoms with Crippen LogP contribution < -0.4 is 5.73 Å². The average Bonchev–Trinajstić information content (AvgIpc) is 2.97. The van der Waals surface area contributed by atoms with Crippen molar-refractivity contribution in [1.29, 1.82) is 0 Å². The van der Waals surface area contributed by atoms with E-state index in [0.29, 0.717) is 17.2 Å². The lowest BCUT2D eigenvalue weighted by molar-refractivity contribution is 0.0791. The number of nitrogen functional groups attached to an aromatic ring is 1. The number of hydrogen-bond donors (Lipinski definition) is 1. The van der Waals surface area contributed by atoms with Crippen LogP contribution in [0.4, 0.5) is 5.69 Å². The fourth-order valence-corrected chi connectivity index (χ4v) is 2.87. The quantitative estimate of drug-likeness (QED) is 0.920. The third-order valence-corrected chi connectivity index (χ3v) is 4.05. The van der Waals surface area contributed by atoms with Crippen LogP contribution in [-0.4, -0.2) is 28.9 Å². The third kappa shape index (κ3) is 2.75. The molecule has 4 nitrogen and oxygen atoms in total. The van der Waals surface area contributed by atoms with Gasteiger partial charge in [-0.1, -0.05) is 30.3 Å². The standard InChI is InChI=1S/C17H19N3O/c1-12-9-16(18)15(10-19-12)17(21)20-8-7-14(11-20)13-5-3-2-4-6-13/h2-6,9-10,14H,7-8,11H2,1H3,(H2,18,19). The topological polar surface area (TPSA) is 59.2 Å². The molecule has 1 unspecified atom stereocenters. The number of benzene rings is 1. The Labute approximate surface area is 124 Å². The van der Waals surface area contributed by atoms with Gasteiger partial charge in [-0.3, -0.25) is 9.78 Å². The summed E-state index contributed by atoms with van der Waals surface area (Å²) in [5.41, 5.74) is 9.09. The predicted molar refractivity (Wildman–Crippen MR) is 83.1 cm³/mol. The number of carbonyl (C=O) groups excluding carboxylic acids is 1. The second-order valence-corrected chi connectivity index (χ2v) is 5.56. The monoisotopic (exact) mass is 281 g/mol. The van der Waals surface area contributed by atoms with Crippen LogP contribution in [0, 0.1) is 6.92 Å². The van der Waals surface area contributed by atoms with Gasteiger partial charge in [0.2, 0.25) is 0 Å². The highest BCUT2D eigenvalue weighted by Gasteiger charge is 2.28. The molecule has 4 heteroatoms. The molecule has 1 amide bonds. The number of carbonyl (C=O) groups is 1. The van der Waals surface area contributed by atoms with Gasteiger partial charge in [-0.15, -0.1) is 0 Å². The van der Waals surface area contributed by atoms with E-state index >= 15 is 0 Å². The Morgan fingerprint density at radius 3 is 2.81 bits per heavy atom. The van der Waals surface area contributed by atoms with Gasteiger partial charge >= 0.3 is 0 Å². The zero-order valence-electron chi connectivity index (χ0n) is 12.1. The summed E-state index contributed by atoms with van der Waals surface area (Å²) in [6, 6.07) is 12.1. The molecule has 1 fully saturated rings. The van der Waals surface area contributed by atoms with Gasteiger partial charge in [0.05, 0.1) is 5.56 Å². The van der Waals surface area contributed by atoms with E-state index in [0.717, 1.165) is 25.2 Å². The lowest BCUT2D eigenvalue weighted by Gasteiger charge is -2.17. The van der Waals surface area contributed by atoms with Crippen molar-refractivity contribution in [2.45, 2.75) is 19.3 Å². The molecule has 2 heterocycles. The van der Waals surface area contributed by atoms with E-state index in [2.05, 4.69) is 17.1 Å². The highest BCUT2D eigenvalue weighted by Crippen LogP contribution is 2.28. The van der Waals surface area contributed by atoms with Crippen molar-refractivity contribution in [3.63, 3.8) is 0 Å². The summed E-state index contributed by atoms with van der Waals surface area (Å²) in [5.74, 6) is 0.396. The van der Waals surface area contributed by atoms with Gasteiger partial charge in [-0.2, -0.15) is 0 Å².